The molecule has 77 valence electrons. The van der Waals surface area contributed by atoms with Crippen LogP contribution in [0.2, 0.25) is 0 Å². The van der Waals surface area contributed by atoms with Crippen molar-refractivity contribution in [2.45, 2.75) is 33.3 Å². The van der Waals surface area contributed by atoms with Gasteiger partial charge in [-0.05, 0) is 34.1 Å². The van der Waals surface area contributed by atoms with E-state index >= 15 is 0 Å². The Labute approximate surface area is 81.9 Å². The zero-order chi connectivity index (χ0) is 10.1. The zero-order valence-corrected chi connectivity index (χ0v) is 9.01. The summed E-state index contributed by atoms with van der Waals surface area (Å²) >= 11 is 0. The topological polar surface area (TPSA) is 18.5 Å². The quantitative estimate of drug-likeness (QED) is 0.448. The summed E-state index contributed by atoms with van der Waals surface area (Å²) in [7, 11) is 0. The molecule has 2 nitrogen and oxygen atoms in total. The van der Waals surface area contributed by atoms with Crippen LogP contribution in [0.25, 0.3) is 0 Å². The van der Waals surface area contributed by atoms with E-state index in [9.17, 15) is 0 Å². The Kier molecular flexibility index (Phi) is 8.05. The fourth-order valence-corrected chi connectivity index (χ4v) is 0.853. The highest BCUT2D eigenvalue weighted by Crippen LogP contribution is 2.01. The van der Waals surface area contributed by atoms with Crippen LogP contribution in [-0.2, 0) is 9.47 Å². The molecule has 0 rings (SSSR count). The molecular formula is C11H21O2. The summed E-state index contributed by atoms with van der Waals surface area (Å²) < 4.78 is 10.6. The second-order valence-electron chi connectivity index (χ2n) is 3.21. The van der Waals surface area contributed by atoms with Gasteiger partial charge >= 0.3 is 0 Å². The van der Waals surface area contributed by atoms with Crippen LogP contribution in [0.5, 0.6) is 0 Å². The van der Waals surface area contributed by atoms with Crippen LogP contribution in [0.4, 0.5) is 0 Å². The van der Waals surface area contributed by atoms with Crippen LogP contribution in [0.15, 0.2) is 11.6 Å². The first-order valence-corrected chi connectivity index (χ1v) is 4.82. The van der Waals surface area contributed by atoms with Crippen LogP contribution in [0, 0.1) is 6.92 Å². The molecule has 0 aromatic heterocycles. The summed E-state index contributed by atoms with van der Waals surface area (Å²) in [5.74, 6) is 0. The van der Waals surface area contributed by atoms with Crippen LogP contribution >= 0.6 is 0 Å². The zero-order valence-electron chi connectivity index (χ0n) is 9.01. The van der Waals surface area contributed by atoms with Crippen molar-refractivity contribution in [3.63, 3.8) is 0 Å². The van der Waals surface area contributed by atoms with Crippen LogP contribution in [0.3, 0.4) is 0 Å². The molecule has 0 aliphatic rings. The van der Waals surface area contributed by atoms with Gasteiger partial charge in [0.25, 0.3) is 0 Å². The predicted octanol–water partition coefficient (Wildman–Crippen LogP) is 2.60. The summed E-state index contributed by atoms with van der Waals surface area (Å²) in [4.78, 5) is 0. The third-order valence-corrected chi connectivity index (χ3v) is 1.57. The lowest BCUT2D eigenvalue weighted by molar-refractivity contribution is 0.0269. The van der Waals surface area contributed by atoms with Crippen molar-refractivity contribution in [3.8, 4) is 0 Å². The first-order valence-electron chi connectivity index (χ1n) is 4.82. The third-order valence-electron chi connectivity index (χ3n) is 1.57. The molecule has 13 heavy (non-hydrogen) atoms. The average molecular weight is 185 g/mol. The van der Waals surface area contributed by atoms with Crippen molar-refractivity contribution in [3.05, 3.63) is 18.6 Å². The number of ether oxygens (including phenoxy) is 2. The Hall–Kier alpha value is -0.340. The lowest BCUT2D eigenvalue weighted by atomic mass is 10.2. The molecule has 0 fully saturated rings. The van der Waals surface area contributed by atoms with Gasteiger partial charge in [0, 0.05) is 6.61 Å². The molecule has 0 aromatic rings. The molecule has 0 bridgehead atoms. The van der Waals surface area contributed by atoms with Crippen molar-refractivity contribution in [1.82, 2.24) is 0 Å². The van der Waals surface area contributed by atoms with Crippen LogP contribution in [-0.4, -0.2) is 25.9 Å². The van der Waals surface area contributed by atoms with Crippen molar-refractivity contribution >= 4 is 0 Å². The van der Waals surface area contributed by atoms with E-state index in [0.29, 0.717) is 13.2 Å². The molecule has 0 heterocycles. The minimum Gasteiger partial charge on any atom is -0.379 e. The highest BCUT2D eigenvalue weighted by atomic mass is 16.5. The van der Waals surface area contributed by atoms with Crippen molar-refractivity contribution < 1.29 is 9.47 Å². The Balaban J connectivity index is 3.30. The highest BCUT2D eigenvalue weighted by molar-refractivity contribution is 4.94. The van der Waals surface area contributed by atoms with Crippen molar-refractivity contribution in [2.24, 2.45) is 0 Å². The molecule has 0 aliphatic carbocycles. The molecule has 0 aromatic carbocycles. The first kappa shape index (κ1) is 12.7. The molecule has 1 atom stereocenters. The molecular weight excluding hydrogens is 164 g/mol. The van der Waals surface area contributed by atoms with E-state index in [1.54, 1.807) is 0 Å². The minimum atomic E-state index is 0.0513. The van der Waals surface area contributed by atoms with E-state index in [1.807, 2.05) is 6.92 Å². The van der Waals surface area contributed by atoms with Gasteiger partial charge in [-0.15, -0.1) is 0 Å². The van der Waals surface area contributed by atoms with Gasteiger partial charge in [0.1, 0.15) is 0 Å². The molecule has 2 heteroatoms. The molecule has 0 spiro atoms. The van der Waals surface area contributed by atoms with E-state index in [2.05, 4.69) is 26.8 Å². The fraction of sp³-hybridized carbons (Fsp3) is 0.727. The van der Waals surface area contributed by atoms with Crippen molar-refractivity contribution in [1.29, 1.82) is 0 Å². The second kappa shape index (κ2) is 8.27. The summed E-state index contributed by atoms with van der Waals surface area (Å²) in [6.07, 6.45) is 3.07. The lowest BCUT2D eigenvalue weighted by Crippen LogP contribution is -2.12. The smallest absolute Gasteiger partial charge is 0.0704 e. The summed E-state index contributed by atoms with van der Waals surface area (Å²) in [6.45, 7) is 12.1. The Morgan fingerprint density at radius 3 is 2.62 bits per heavy atom. The average Bonchev–Trinajstić information content (AvgIpc) is 2.09. The van der Waals surface area contributed by atoms with Gasteiger partial charge < -0.3 is 9.47 Å². The predicted molar refractivity (Wildman–Crippen MR) is 55.6 cm³/mol. The number of hydrogen-bond acceptors (Lipinski definition) is 2. The maximum atomic E-state index is 5.41. The van der Waals surface area contributed by atoms with E-state index in [0.717, 1.165) is 13.0 Å². The Bertz CT molecular complexity index is 137. The standard InChI is InChI=1S/C11H21O2/c1-5-12-8-9-13-11(4)7-6-10(2)3/h6,11H,4-5,7-9H2,1-3H3. The number of rotatable bonds is 7. The molecule has 1 unspecified atom stereocenters. The maximum absolute atomic E-state index is 5.41. The molecule has 1 radical (unpaired) electrons. The maximum Gasteiger partial charge on any atom is 0.0704 e. The Morgan fingerprint density at radius 1 is 1.38 bits per heavy atom. The summed E-state index contributed by atoms with van der Waals surface area (Å²) in [5.41, 5.74) is 1.31. The number of hydrogen-bond donors (Lipinski definition) is 0. The van der Waals surface area contributed by atoms with Gasteiger partial charge in [-0.2, -0.15) is 0 Å². The largest absolute Gasteiger partial charge is 0.379 e. The molecule has 0 saturated carbocycles. The van der Waals surface area contributed by atoms with Gasteiger partial charge in [0.2, 0.25) is 0 Å². The van der Waals surface area contributed by atoms with E-state index in [-0.39, 0.29) is 6.10 Å². The van der Waals surface area contributed by atoms with Crippen LogP contribution < -0.4 is 0 Å². The van der Waals surface area contributed by atoms with E-state index in [4.69, 9.17) is 9.47 Å². The summed E-state index contributed by atoms with van der Waals surface area (Å²) in [5, 5.41) is 0. The number of allylic oxidation sites excluding steroid dienone is 1. The second-order valence-corrected chi connectivity index (χ2v) is 3.21. The SMILES string of the molecule is [CH2]C(CC=C(C)C)OCCOCC. The molecule has 0 N–H and O–H groups in total. The normalized spacial score (nSPS) is 12.6. The van der Waals surface area contributed by atoms with Gasteiger partial charge in [0.15, 0.2) is 0 Å². The van der Waals surface area contributed by atoms with Gasteiger partial charge in [0.05, 0.1) is 19.3 Å². The third kappa shape index (κ3) is 9.57. The van der Waals surface area contributed by atoms with Gasteiger partial charge in [-0.3, -0.25) is 0 Å². The first-order chi connectivity index (χ1) is 6.16. The van der Waals surface area contributed by atoms with Crippen LogP contribution in [0.1, 0.15) is 27.2 Å². The van der Waals surface area contributed by atoms with Gasteiger partial charge in [-0.1, -0.05) is 11.6 Å². The lowest BCUT2D eigenvalue weighted by Gasteiger charge is -2.10. The minimum absolute atomic E-state index is 0.0513. The molecule has 0 aliphatic heterocycles. The molecule has 0 saturated heterocycles. The van der Waals surface area contributed by atoms with Gasteiger partial charge in [-0.25, -0.2) is 0 Å². The fourth-order valence-electron chi connectivity index (χ4n) is 0.853. The highest BCUT2D eigenvalue weighted by Gasteiger charge is 1.98. The monoisotopic (exact) mass is 185 g/mol. The van der Waals surface area contributed by atoms with Crippen molar-refractivity contribution in [2.75, 3.05) is 19.8 Å². The van der Waals surface area contributed by atoms with E-state index < -0.39 is 0 Å². The molecule has 0 amide bonds. The summed E-state index contributed by atoms with van der Waals surface area (Å²) in [6, 6.07) is 0. The Morgan fingerprint density at radius 2 is 2.08 bits per heavy atom. The van der Waals surface area contributed by atoms with E-state index in [1.165, 1.54) is 5.57 Å².